The third kappa shape index (κ3) is 2.57. The predicted molar refractivity (Wildman–Crippen MR) is 84.2 cm³/mol. The van der Waals surface area contributed by atoms with E-state index >= 15 is 0 Å². The Morgan fingerprint density at radius 3 is 2.32 bits per heavy atom. The number of nitrogens with zero attached hydrogens (tertiary/aromatic N) is 1. The van der Waals surface area contributed by atoms with Crippen molar-refractivity contribution in [3.8, 4) is 0 Å². The third-order valence-corrected chi connectivity index (χ3v) is 4.16. The van der Waals surface area contributed by atoms with Gasteiger partial charge in [0.2, 0.25) is 5.91 Å². The number of amides is 1. The van der Waals surface area contributed by atoms with E-state index in [1.165, 1.54) is 4.90 Å². The number of anilines is 1. The Kier molecular flexibility index (Phi) is 3.86. The van der Waals surface area contributed by atoms with Crippen molar-refractivity contribution in [3.05, 3.63) is 65.2 Å². The van der Waals surface area contributed by atoms with Gasteiger partial charge in [0.15, 0.2) is 0 Å². The minimum atomic E-state index is -1.00. The van der Waals surface area contributed by atoms with Crippen molar-refractivity contribution in [1.29, 1.82) is 0 Å². The molecule has 1 aliphatic rings. The topological polar surface area (TPSA) is 57.6 Å². The molecule has 0 unspecified atom stereocenters. The zero-order valence-electron chi connectivity index (χ0n) is 11.6. The van der Waals surface area contributed by atoms with Crippen molar-refractivity contribution in [3.63, 3.8) is 0 Å². The maximum Gasteiger partial charge on any atom is 0.327 e. The van der Waals surface area contributed by atoms with Crippen LogP contribution in [0.15, 0.2) is 54.6 Å². The van der Waals surface area contributed by atoms with Crippen LogP contribution in [0.3, 0.4) is 0 Å². The number of carbonyl (C=O) groups is 2. The second-order valence-corrected chi connectivity index (χ2v) is 5.68. The average molecular weight is 316 g/mol. The molecule has 2 aromatic rings. The maximum absolute atomic E-state index is 12.4. The molecular formula is C17H14ClNO3. The molecule has 5 heteroatoms. The van der Waals surface area contributed by atoms with E-state index in [0.717, 1.165) is 5.56 Å². The molecule has 22 heavy (non-hydrogen) atoms. The van der Waals surface area contributed by atoms with Gasteiger partial charge >= 0.3 is 5.97 Å². The quantitative estimate of drug-likeness (QED) is 0.945. The standard InChI is InChI=1S/C17H14ClNO3/c18-12-6-8-13(9-7-12)19-15(20)10-14(16(19)17(21)22)11-4-2-1-3-5-11/h1-9,14,16H,10H2,(H,21,22)/t14-,16+/m0/s1. The summed E-state index contributed by atoms with van der Waals surface area (Å²) in [7, 11) is 0. The smallest absolute Gasteiger partial charge is 0.327 e. The van der Waals surface area contributed by atoms with Gasteiger partial charge in [-0.2, -0.15) is 0 Å². The molecule has 1 N–H and O–H groups in total. The Morgan fingerprint density at radius 1 is 1.09 bits per heavy atom. The second-order valence-electron chi connectivity index (χ2n) is 5.24. The van der Waals surface area contributed by atoms with E-state index in [4.69, 9.17) is 11.6 Å². The van der Waals surface area contributed by atoms with Gasteiger partial charge in [-0.3, -0.25) is 9.69 Å². The summed E-state index contributed by atoms with van der Waals surface area (Å²) in [6.07, 6.45) is 0.184. The summed E-state index contributed by atoms with van der Waals surface area (Å²) in [5.74, 6) is -1.56. The zero-order valence-corrected chi connectivity index (χ0v) is 12.4. The number of hydrogen-bond donors (Lipinski definition) is 1. The van der Waals surface area contributed by atoms with Crippen molar-refractivity contribution in [1.82, 2.24) is 0 Å². The first-order valence-corrected chi connectivity index (χ1v) is 7.31. The Morgan fingerprint density at radius 2 is 1.73 bits per heavy atom. The van der Waals surface area contributed by atoms with E-state index in [1.807, 2.05) is 30.3 Å². The van der Waals surface area contributed by atoms with Crippen LogP contribution in [0.1, 0.15) is 17.9 Å². The molecule has 0 aliphatic carbocycles. The Bertz CT molecular complexity index is 700. The zero-order chi connectivity index (χ0) is 15.7. The second kappa shape index (κ2) is 5.81. The molecule has 0 aromatic heterocycles. The van der Waals surface area contributed by atoms with Gasteiger partial charge < -0.3 is 5.11 Å². The number of carboxylic acids is 1. The lowest BCUT2D eigenvalue weighted by molar-refractivity contribution is -0.139. The number of halogens is 1. The summed E-state index contributed by atoms with van der Waals surface area (Å²) in [5.41, 5.74) is 1.42. The van der Waals surface area contributed by atoms with Crippen LogP contribution in [0.4, 0.5) is 5.69 Å². The maximum atomic E-state index is 12.4. The van der Waals surface area contributed by atoms with E-state index in [2.05, 4.69) is 0 Å². The molecule has 0 saturated carbocycles. The van der Waals surface area contributed by atoms with E-state index in [1.54, 1.807) is 24.3 Å². The van der Waals surface area contributed by atoms with Crippen LogP contribution < -0.4 is 4.90 Å². The Labute approximate surface area is 132 Å². The van der Waals surface area contributed by atoms with Crippen molar-refractivity contribution in [2.45, 2.75) is 18.4 Å². The van der Waals surface area contributed by atoms with Crippen LogP contribution in [0.25, 0.3) is 0 Å². The van der Waals surface area contributed by atoms with Crippen molar-refractivity contribution >= 4 is 29.2 Å². The molecule has 1 amide bonds. The lowest BCUT2D eigenvalue weighted by Gasteiger charge is -2.25. The van der Waals surface area contributed by atoms with Gasteiger partial charge in [-0.15, -0.1) is 0 Å². The molecule has 112 valence electrons. The van der Waals surface area contributed by atoms with Crippen LogP contribution in [0.2, 0.25) is 5.02 Å². The monoisotopic (exact) mass is 315 g/mol. The van der Waals surface area contributed by atoms with Crippen LogP contribution in [0, 0.1) is 0 Å². The van der Waals surface area contributed by atoms with Crippen LogP contribution in [-0.2, 0) is 9.59 Å². The summed E-state index contributed by atoms with van der Waals surface area (Å²) in [5, 5.41) is 10.2. The molecule has 3 rings (SSSR count). The number of carbonyl (C=O) groups excluding carboxylic acids is 1. The summed E-state index contributed by atoms with van der Waals surface area (Å²) in [6, 6.07) is 15.0. The highest BCUT2D eigenvalue weighted by Crippen LogP contribution is 2.37. The van der Waals surface area contributed by atoms with Gasteiger partial charge in [0, 0.05) is 23.0 Å². The van der Waals surface area contributed by atoms with Crippen LogP contribution in [0.5, 0.6) is 0 Å². The molecule has 2 aromatic carbocycles. The van der Waals surface area contributed by atoms with E-state index in [0.29, 0.717) is 10.7 Å². The Hall–Kier alpha value is -2.33. The molecule has 1 fully saturated rings. The van der Waals surface area contributed by atoms with Gasteiger partial charge in [-0.05, 0) is 29.8 Å². The van der Waals surface area contributed by atoms with E-state index in [-0.39, 0.29) is 18.2 Å². The molecule has 0 radical (unpaired) electrons. The lowest BCUT2D eigenvalue weighted by Crippen LogP contribution is -2.40. The van der Waals surface area contributed by atoms with Gasteiger partial charge in [0.05, 0.1) is 0 Å². The molecule has 4 nitrogen and oxygen atoms in total. The number of aliphatic carboxylic acids is 1. The lowest BCUT2D eigenvalue weighted by atomic mass is 9.91. The molecule has 2 atom stereocenters. The first-order chi connectivity index (χ1) is 10.6. The first kappa shape index (κ1) is 14.6. The molecule has 0 bridgehead atoms. The SMILES string of the molecule is O=C(O)[C@H]1[C@H](c2ccccc2)CC(=O)N1c1ccc(Cl)cc1. The molecule has 1 aliphatic heterocycles. The van der Waals surface area contributed by atoms with E-state index < -0.39 is 12.0 Å². The van der Waals surface area contributed by atoms with Gasteiger partial charge in [-0.1, -0.05) is 41.9 Å². The number of benzene rings is 2. The minimum absolute atomic E-state index is 0.184. The van der Waals surface area contributed by atoms with Crippen LogP contribution >= 0.6 is 11.6 Å². The number of rotatable bonds is 3. The highest BCUT2D eigenvalue weighted by atomic mass is 35.5. The van der Waals surface area contributed by atoms with Crippen molar-refractivity contribution in [2.75, 3.05) is 4.90 Å². The minimum Gasteiger partial charge on any atom is -0.480 e. The molecular weight excluding hydrogens is 302 g/mol. The third-order valence-electron chi connectivity index (χ3n) is 3.91. The van der Waals surface area contributed by atoms with E-state index in [9.17, 15) is 14.7 Å². The number of hydrogen-bond acceptors (Lipinski definition) is 2. The predicted octanol–water partition coefficient (Wildman–Crippen LogP) is 3.31. The fourth-order valence-electron chi connectivity index (χ4n) is 2.92. The fourth-order valence-corrected chi connectivity index (χ4v) is 3.05. The largest absolute Gasteiger partial charge is 0.480 e. The summed E-state index contributed by atoms with van der Waals surface area (Å²) < 4.78 is 0. The van der Waals surface area contributed by atoms with Gasteiger partial charge in [0.1, 0.15) is 6.04 Å². The van der Waals surface area contributed by atoms with Crippen molar-refractivity contribution < 1.29 is 14.7 Å². The fraction of sp³-hybridized carbons (Fsp3) is 0.176. The average Bonchev–Trinajstić information content (AvgIpc) is 2.87. The normalized spacial score (nSPS) is 21.1. The first-order valence-electron chi connectivity index (χ1n) is 6.93. The number of carboxylic acid groups (broad SMARTS) is 1. The summed E-state index contributed by atoms with van der Waals surface area (Å²) >= 11 is 5.86. The van der Waals surface area contributed by atoms with Crippen molar-refractivity contribution in [2.24, 2.45) is 0 Å². The summed E-state index contributed by atoms with van der Waals surface area (Å²) in [4.78, 5) is 25.5. The summed E-state index contributed by atoms with van der Waals surface area (Å²) in [6.45, 7) is 0. The highest BCUT2D eigenvalue weighted by Gasteiger charge is 2.45. The van der Waals surface area contributed by atoms with Gasteiger partial charge in [-0.25, -0.2) is 4.79 Å². The molecule has 1 heterocycles. The van der Waals surface area contributed by atoms with Crippen LogP contribution in [-0.4, -0.2) is 23.0 Å². The molecule has 0 spiro atoms. The Balaban J connectivity index is 2.01. The van der Waals surface area contributed by atoms with Gasteiger partial charge in [0.25, 0.3) is 0 Å². The molecule has 1 saturated heterocycles. The highest BCUT2D eigenvalue weighted by molar-refractivity contribution is 6.30.